The van der Waals surface area contributed by atoms with Gasteiger partial charge in [0.2, 0.25) is 0 Å². The maximum atomic E-state index is 4.35. The molecule has 0 atom stereocenters. The zero-order chi connectivity index (χ0) is 12.3. The minimum absolute atomic E-state index is 0.746. The summed E-state index contributed by atoms with van der Waals surface area (Å²) in [5, 5.41) is 3.32. The molecule has 4 heteroatoms. The van der Waals surface area contributed by atoms with Crippen molar-refractivity contribution in [1.29, 1.82) is 0 Å². The standard InChI is InChI=1S/C13H14BrN3/c1-3-10-6-4-5-7-11(10)17-13-8-12(14)15-9(2)16-13/h4-8H,3H2,1-2H3,(H,15,16,17). The Morgan fingerprint density at radius 2 is 2.00 bits per heavy atom. The molecule has 0 aliphatic rings. The Labute approximate surface area is 109 Å². The van der Waals surface area contributed by atoms with E-state index in [0.717, 1.165) is 28.4 Å². The Balaban J connectivity index is 2.31. The van der Waals surface area contributed by atoms with Gasteiger partial charge < -0.3 is 5.32 Å². The topological polar surface area (TPSA) is 37.8 Å². The van der Waals surface area contributed by atoms with E-state index in [2.05, 4.69) is 50.3 Å². The molecule has 0 saturated heterocycles. The van der Waals surface area contributed by atoms with E-state index in [1.807, 2.05) is 25.1 Å². The van der Waals surface area contributed by atoms with Crippen LogP contribution in [0.2, 0.25) is 0 Å². The Morgan fingerprint density at radius 3 is 2.71 bits per heavy atom. The third-order valence-corrected chi connectivity index (χ3v) is 2.87. The number of aromatic nitrogens is 2. The summed E-state index contributed by atoms with van der Waals surface area (Å²) in [7, 11) is 0. The van der Waals surface area contributed by atoms with Crippen LogP contribution in [0.25, 0.3) is 0 Å². The van der Waals surface area contributed by atoms with Crippen LogP contribution in [0.3, 0.4) is 0 Å². The molecule has 0 unspecified atom stereocenters. The molecule has 0 fully saturated rings. The molecule has 88 valence electrons. The first kappa shape index (κ1) is 12.0. The quantitative estimate of drug-likeness (QED) is 0.873. The van der Waals surface area contributed by atoms with Crippen molar-refractivity contribution in [2.45, 2.75) is 20.3 Å². The summed E-state index contributed by atoms with van der Waals surface area (Å²) in [5.41, 5.74) is 2.37. The van der Waals surface area contributed by atoms with Gasteiger partial charge in [0.15, 0.2) is 0 Å². The fourth-order valence-corrected chi connectivity index (χ4v) is 2.16. The second-order valence-electron chi connectivity index (χ2n) is 3.76. The van der Waals surface area contributed by atoms with Gasteiger partial charge in [0, 0.05) is 11.8 Å². The Hall–Kier alpha value is -1.42. The zero-order valence-electron chi connectivity index (χ0n) is 9.87. The lowest BCUT2D eigenvalue weighted by Gasteiger charge is -2.10. The first-order valence-corrected chi connectivity index (χ1v) is 6.34. The highest BCUT2D eigenvalue weighted by Crippen LogP contribution is 2.21. The van der Waals surface area contributed by atoms with Gasteiger partial charge in [0.25, 0.3) is 0 Å². The maximum absolute atomic E-state index is 4.35. The number of nitrogens with zero attached hydrogens (tertiary/aromatic N) is 2. The van der Waals surface area contributed by atoms with E-state index in [1.165, 1.54) is 5.56 Å². The number of anilines is 2. The predicted octanol–water partition coefficient (Wildman–Crippen LogP) is 3.85. The molecule has 0 saturated carbocycles. The zero-order valence-corrected chi connectivity index (χ0v) is 11.5. The fraction of sp³-hybridized carbons (Fsp3) is 0.231. The second kappa shape index (κ2) is 5.27. The van der Waals surface area contributed by atoms with E-state index in [9.17, 15) is 0 Å². The summed E-state index contributed by atoms with van der Waals surface area (Å²) in [6.45, 7) is 4.02. The van der Waals surface area contributed by atoms with Crippen molar-refractivity contribution in [2.24, 2.45) is 0 Å². The number of benzene rings is 1. The third kappa shape index (κ3) is 3.03. The lowest BCUT2D eigenvalue weighted by molar-refractivity contribution is 1.03. The summed E-state index contributed by atoms with van der Waals surface area (Å²) in [4.78, 5) is 8.54. The molecule has 1 heterocycles. The van der Waals surface area contributed by atoms with E-state index in [1.54, 1.807) is 0 Å². The Morgan fingerprint density at radius 1 is 1.24 bits per heavy atom. The first-order chi connectivity index (χ1) is 8.19. The minimum Gasteiger partial charge on any atom is -0.340 e. The maximum Gasteiger partial charge on any atom is 0.135 e. The van der Waals surface area contributed by atoms with Crippen molar-refractivity contribution < 1.29 is 0 Å². The van der Waals surface area contributed by atoms with Gasteiger partial charge in [0.05, 0.1) is 0 Å². The minimum atomic E-state index is 0.746. The van der Waals surface area contributed by atoms with Crippen LogP contribution in [0.5, 0.6) is 0 Å². The largest absolute Gasteiger partial charge is 0.340 e. The van der Waals surface area contributed by atoms with Gasteiger partial charge in [0.1, 0.15) is 16.2 Å². The lowest BCUT2D eigenvalue weighted by atomic mass is 10.1. The number of para-hydroxylation sites is 1. The molecule has 0 aliphatic heterocycles. The average molecular weight is 292 g/mol. The van der Waals surface area contributed by atoms with Crippen molar-refractivity contribution in [3.8, 4) is 0 Å². The lowest BCUT2D eigenvalue weighted by Crippen LogP contribution is -1.99. The molecule has 2 aromatic rings. The summed E-state index contributed by atoms with van der Waals surface area (Å²) in [6, 6.07) is 10.1. The van der Waals surface area contributed by atoms with E-state index < -0.39 is 0 Å². The number of rotatable bonds is 3. The highest BCUT2D eigenvalue weighted by molar-refractivity contribution is 9.10. The van der Waals surface area contributed by atoms with Gasteiger partial charge in [-0.05, 0) is 40.9 Å². The molecule has 0 aliphatic carbocycles. The molecule has 1 N–H and O–H groups in total. The van der Waals surface area contributed by atoms with Gasteiger partial charge in [-0.15, -0.1) is 0 Å². The number of hydrogen-bond donors (Lipinski definition) is 1. The summed E-state index contributed by atoms with van der Waals surface area (Å²) in [6.07, 6.45) is 0.994. The van der Waals surface area contributed by atoms with Crippen molar-refractivity contribution in [2.75, 3.05) is 5.32 Å². The van der Waals surface area contributed by atoms with Crippen LogP contribution in [-0.2, 0) is 6.42 Å². The Bertz CT molecular complexity index is 506. The van der Waals surface area contributed by atoms with Gasteiger partial charge in [-0.2, -0.15) is 0 Å². The van der Waals surface area contributed by atoms with Crippen molar-refractivity contribution in [1.82, 2.24) is 9.97 Å². The van der Waals surface area contributed by atoms with Gasteiger partial charge in [-0.25, -0.2) is 9.97 Å². The van der Waals surface area contributed by atoms with Gasteiger partial charge in [-0.1, -0.05) is 25.1 Å². The van der Waals surface area contributed by atoms with Crippen molar-refractivity contribution >= 4 is 27.4 Å². The average Bonchev–Trinajstić information content (AvgIpc) is 2.28. The first-order valence-electron chi connectivity index (χ1n) is 5.55. The second-order valence-corrected chi connectivity index (χ2v) is 4.57. The number of hydrogen-bond acceptors (Lipinski definition) is 3. The van der Waals surface area contributed by atoms with Crippen LogP contribution in [0.4, 0.5) is 11.5 Å². The smallest absolute Gasteiger partial charge is 0.135 e. The monoisotopic (exact) mass is 291 g/mol. The normalized spacial score (nSPS) is 10.3. The van der Waals surface area contributed by atoms with E-state index in [-0.39, 0.29) is 0 Å². The van der Waals surface area contributed by atoms with E-state index in [0.29, 0.717) is 0 Å². The van der Waals surface area contributed by atoms with Crippen molar-refractivity contribution in [3.63, 3.8) is 0 Å². The SMILES string of the molecule is CCc1ccccc1Nc1cc(Br)nc(C)n1. The molecule has 1 aromatic heterocycles. The molecular formula is C13H14BrN3. The van der Waals surface area contributed by atoms with E-state index >= 15 is 0 Å². The molecule has 0 spiro atoms. The summed E-state index contributed by atoms with van der Waals surface area (Å²) >= 11 is 3.37. The van der Waals surface area contributed by atoms with Crippen LogP contribution in [-0.4, -0.2) is 9.97 Å². The molecule has 2 rings (SSSR count). The molecule has 0 radical (unpaired) electrons. The molecular weight excluding hydrogens is 278 g/mol. The molecule has 0 bridgehead atoms. The number of halogens is 1. The molecule has 17 heavy (non-hydrogen) atoms. The van der Waals surface area contributed by atoms with Crippen LogP contribution < -0.4 is 5.32 Å². The number of aryl methyl sites for hydroxylation is 2. The number of nitrogens with one attached hydrogen (secondary N) is 1. The molecule has 3 nitrogen and oxygen atoms in total. The molecule has 0 amide bonds. The third-order valence-electron chi connectivity index (χ3n) is 2.47. The van der Waals surface area contributed by atoms with Crippen LogP contribution in [0.15, 0.2) is 34.9 Å². The van der Waals surface area contributed by atoms with Gasteiger partial charge in [-0.3, -0.25) is 0 Å². The van der Waals surface area contributed by atoms with Crippen molar-refractivity contribution in [3.05, 3.63) is 46.3 Å². The van der Waals surface area contributed by atoms with Crippen LogP contribution >= 0.6 is 15.9 Å². The van der Waals surface area contributed by atoms with E-state index in [4.69, 9.17) is 0 Å². The molecule has 1 aromatic carbocycles. The Kier molecular flexibility index (Phi) is 3.74. The van der Waals surface area contributed by atoms with Gasteiger partial charge >= 0.3 is 0 Å². The summed E-state index contributed by atoms with van der Waals surface area (Å²) in [5.74, 6) is 1.56. The van der Waals surface area contributed by atoms with Crippen LogP contribution in [0, 0.1) is 6.92 Å². The van der Waals surface area contributed by atoms with Crippen LogP contribution in [0.1, 0.15) is 18.3 Å². The summed E-state index contributed by atoms with van der Waals surface area (Å²) < 4.78 is 0.793. The highest BCUT2D eigenvalue weighted by atomic mass is 79.9. The fourth-order valence-electron chi connectivity index (χ4n) is 1.68. The highest BCUT2D eigenvalue weighted by Gasteiger charge is 2.03. The predicted molar refractivity (Wildman–Crippen MR) is 73.6 cm³/mol.